The molecule has 0 aliphatic carbocycles. The molecule has 1 saturated heterocycles. The number of rotatable bonds is 5. The van der Waals surface area contributed by atoms with Gasteiger partial charge in [0.05, 0.1) is 13.0 Å². The number of nitrogens with zero attached hydrogens (tertiary/aromatic N) is 2. The van der Waals surface area contributed by atoms with Crippen molar-refractivity contribution in [3.63, 3.8) is 0 Å². The summed E-state index contributed by atoms with van der Waals surface area (Å²) in [4.78, 5) is 48.4. The smallest absolute Gasteiger partial charge is 0.336 e. The van der Waals surface area contributed by atoms with Gasteiger partial charge in [-0.3, -0.25) is 14.4 Å². The third-order valence-corrected chi connectivity index (χ3v) is 5.29. The van der Waals surface area contributed by atoms with Crippen LogP contribution in [0.1, 0.15) is 12.8 Å². The minimum Gasteiger partial charge on any atom is -0.484 e. The van der Waals surface area contributed by atoms with Crippen molar-refractivity contribution < 1.29 is 33.4 Å². The van der Waals surface area contributed by atoms with E-state index in [1.165, 1.54) is 13.2 Å². The van der Waals surface area contributed by atoms with E-state index in [2.05, 4.69) is 4.90 Å². The summed E-state index contributed by atoms with van der Waals surface area (Å²) >= 11 is 0. The minimum absolute atomic E-state index is 0.156. The Morgan fingerprint density at radius 3 is 2.56 bits per heavy atom. The van der Waals surface area contributed by atoms with Gasteiger partial charge < -0.3 is 28.8 Å². The summed E-state index contributed by atoms with van der Waals surface area (Å²) in [6, 6.07) is 8.25. The maximum Gasteiger partial charge on any atom is 0.336 e. The number of ether oxygens (including phenoxy) is 2. The average molecular weight is 448 g/mol. The molecule has 1 aliphatic heterocycles. The lowest BCUT2D eigenvalue weighted by atomic mass is 10.0. The van der Waals surface area contributed by atoms with Crippen LogP contribution in [-0.4, -0.2) is 80.2 Å². The van der Waals surface area contributed by atoms with E-state index >= 15 is 0 Å². The van der Waals surface area contributed by atoms with E-state index in [-0.39, 0.29) is 36.9 Å². The Balaban J connectivity index is 0.00000114. The second-order valence-electron chi connectivity index (χ2n) is 7.56. The van der Waals surface area contributed by atoms with Crippen molar-refractivity contribution in [2.45, 2.75) is 18.9 Å². The van der Waals surface area contributed by atoms with Gasteiger partial charge in [0.2, 0.25) is 0 Å². The van der Waals surface area contributed by atoms with E-state index in [1.54, 1.807) is 29.2 Å². The second kappa shape index (κ2) is 11.8. The predicted octanol–water partition coefficient (Wildman–Crippen LogP) is 1.21. The van der Waals surface area contributed by atoms with E-state index in [1.807, 2.05) is 14.1 Å². The summed E-state index contributed by atoms with van der Waals surface area (Å²) in [6.07, 6.45) is 1.48. The Morgan fingerprint density at radius 1 is 1.22 bits per heavy atom. The number of carboxylic acid groups (broad SMARTS) is 1. The van der Waals surface area contributed by atoms with Gasteiger partial charge in [-0.05, 0) is 45.1 Å². The molecule has 1 amide bonds. The molecule has 0 saturated carbocycles. The molecule has 10 nitrogen and oxygen atoms in total. The van der Waals surface area contributed by atoms with Crippen LogP contribution in [-0.2, 0) is 19.1 Å². The molecule has 1 aromatic heterocycles. The average Bonchev–Trinajstić information content (AvgIpc) is 3.01. The molecule has 1 fully saturated rings. The zero-order valence-electron chi connectivity index (χ0n) is 18.4. The van der Waals surface area contributed by atoms with Crippen LogP contribution in [0, 0.1) is 5.92 Å². The van der Waals surface area contributed by atoms with Crippen LogP contribution in [0.3, 0.4) is 0 Å². The maximum absolute atomic E-state index is 12.8. The summed E-state index contributed by atoms with van der Waals surface area (Å²) < 4.78 is 15.7. The number of amides is 1. The molecular weight excluding hydrogens is 420 g/mol. The number of fused-ring (bicyclic) bond motifs is 1. The summed E-state index contributed by atoms with van der Waals surface area (Å²) in [5.41, 5.74) is -0.0467. The number of esters is 1. The van der Waals surface area contributed by atoms with E-state index in [0.717, 1.165) is 11.8 Å². The summed E-state index contributed by atoms with van der Waals surface area (Å²) in [7, 11) is 5.29. The highest BCUT2D eigenvalue weighted by molar-refractivity contribution is 5.80. The molecule has 2 atom stereocenters. The predicted molar refractivity (Wildman–Crippen MR) is 115 cm³/mol. The molecule has 2 heterocycles. The molecule has 32 heavy (non-hydrogen) atoms. The van der Waals surface area contributed by atoms with Crippen LogP contribution >= 0.6 is 0 Å². The van der Waals surface area contributed by atoms with Gasteiger partial charge in [-0.15, -0.1) is 0 Å². The lowest BCUT2D eigenvalue weighted by Gasteiger charge is -2.28. The van der Waals surface area contributed by atoms with Gasteiger partial charge in [-0.2, -0.15) is 0 Å². The van der Waals surface area contributed by atoms with Gasteiger partial charge in [0.25, 0.3) is 12.4 Å². The molecule has 174 valence electrons. The number of hydrogen-bond acceptors (Lipinski definition) is 8. The van der Waals surface area contributed by atoms with Crippen molar-refractivity contribution in [3.05, 3.63) is 40.8 Å². The molecule has 10 heteroatoms. The standard InChI is InChI=1S/C21H26N2O6.CH2O2/c1-22(2)16-7-4-15(21(26)27-3)11-23(12-16)19(24)13-28-17-8-5-14-6-9-20(25)29-18(14)10-17;2-1-3/h5-6,8-10,15-16H,4,7,11-13H2,1-3H3;1H,(H,2,3)/t15-,16+;/m0./s1. The van der Waals surface area contributed by atoms with Crippen molar-refractivity contribution in [2.24, 2.45) is 5.92 Å². The van der Waals surface area contributed by atoms with Gasteiger partial charge in [-0.1, -0.05) is 0 Å². The molecule has 1 aliphatic rings. The van der Waals surface area contributed by atoms with Crippen molar-refractivity contribution in [3.8, 4) is 5.75 Å². The molecule has 1 N–H and O–H groups in total. The third kappa shape index (κ3) is 6.81. The van der Waals surface area contributed by atoms with Gasteiger partial charge >= 0.3 is 11.6 Å². The molecule has 0 spiro atoms. The molecule has 2 aromatic rings. The molecule has 3 rings (SSSR count). The fourth-order valence-corrected chi connectivity index (χ4v) is 3.52. The minimum atomic E-state index is -0.445. The van der Waals surface area contributed by atoms with Crippen molar-refractivity contribution in [2.75, 3.05) is 40.9 Å². The first kappa shape index (κ1) is 24.9. The monoisotopic (exact) mass is 448 g/mol. The Morgan fingerprint density at radius 2 is 1.91 bits per heavy atom. The molecule has 1 aromatic carbocycles. The third-order valence-electron chi connectivity index (χ3n) is 5.29. The largest absolute Gasteiger partial charge is 0.484 e. The quantitative estimate of drug-likeness (QED) is 0.408. The first-order valence-electron chi connectivity index (χ1n) is 10.1. The molecule has 0 unspecified atom stereocenters. The van der Waals surface area contributed by atoms with Gasteiger partial charge in [-0.25, -0.2) is 4.79 Å². The van der Waals surface area contributed by atoms with Gasteiger partial charge in [0.15, 0.2) is 6.61 Å². The van der Waals surface area contributed by atoms with Crippen LogP contribution in [0.4, 0.5) is 0 Å². The highest BCUT2D eigenvalue weighted by atomic mass is 16.5. The lowest BCUT2D eigenvalue weighted by Crippen LogP contribution is -2.45. The summed E-state index contributed by atoms with van der Waals surface area (Å²) in [5, 5.41) is 7.66. The van der Waals surface area contributed by atoms with Crippen molar-refractivity contribution >= 4 is 29.3 Å². The first-order chi connectivity index (χ1) is 15.3. The number of hydrogen-bond donors (Lipinski definition) is 1. The SMILES string of the molecule is COC(=O)[C@H]1CC[C@@H](N(C)C)CN(C(=O)COc2ccc3ccc(=O)oc3c2)C1.O=CO. The number of methoxy groups -OCH3 is 1. The molecular formula is C22H28N2O8. The fraction of sp³-hybridized carbons (Fsp3) is 0.455. The number of likely N-dealkylation sites (tertiary alicyclic amines) is 1. The van der Waals surface area contributed by atoms with Crippen LogP contribution in [0.5, 0.6) is 5.75 Å². The first-order valence-corrected chi connectivity index (χ1v) is 10.1. The fourth-order valence-electron chi connectivity index (χ4n) is 3.52. The number of carbonyl (C=O) groups is 3. The van der Waals surface area contributed by atoms with Crippen molar-refractivity contribution in [1.82, 2.24) is 9.80 Å². The Hall–Kier alpha value is -3.40. The number of carbonyl (C=O) groups excluding carboxylic acids is 2. The van der Waals surface area contributed by atoms with Gasteiger partial charge in [0, 0.05) is 36.7 Å². The van der Waals surface area contributed by atoms with Crippen LogP contribution in [0.15, 0.2) is 39.5 Å². The van der Waals surface area contributed by atoms with Gasteiger partial charge in [0.1, 0.15) is 11.3 Å². The highest BCUT2D eigenvalue weighted by Gasteiger charge is 2.32. The lowest BCUT2D eigenvalue weighted by molar-refractivity contribution is -0.147. The highest BCUT2D eigenvalue weighted by Crippen LogP contribution is 2.22. The number of likely N-dealkylation sites (N-methyl/N-ethyl adjacent to an activating group) is 1. The van der Waals surface area contributed by atoms with E-state index in [4.69, 9.17) is 23.8 Å². The Labute approximate surface area is 185 Å². The normalized spacial score (nSPS) is 18.3. The summed E-state index contributed by atoms with van der Waals surface area (Å²) in [5.74, 6) is -0.414. The van der Waals surface area contributed by atoms with E-state index in [9.17, 15) is 14.4 Å². The maximum atomic E-state index is 12.8. The van der Waals surface area contributed by atoms with Crippen LogP contribution in [0.25, 0.3) is 11.0 Å². The molecule has 0 radical (unpaired) electrons. The van der Waals surface area contributed by atoms with Crippen molar-refractivity contribution in [1.29, 1.82) is 0 Å². The van der Waals surface area contributed by atoms with Crippen LogP contribution < -0.4 is 10.4 Å². The summed E-state index contributed by atoms with van der Waals surface area (Å²) in [6.45, 7) is 0.414. The second-order valence-corrected chi connectivity index (χ2v) is 7.56. The topological polar surface area (TPSA) is 127 Å². The van der Waals surface area contributed by atoms with E-state index in [0.29, 0.717) is 30.8 Å². The van der Waals surface area contributed by atoms with Crippen LogP contribution in [0.2, 0.25) is 0 Å². The Kier molecular flexibility index (Phi) is 9.21. The zero-order chi connectivity index (χ0) is 23.7. The molecule has 0 bridgehead atoms. The zero-order valence-corrected chi connectivity index (χ0v) is 18.4. The Bertz CT molecular complexity index is 987. The van der Waals surface area contributed by atoms with E-state index < -0.39 is 5.63 Å². The number of benzene rings is 1.